The molecule has 2 rings (SSSR count). The van der Waals surface area contributed by atoms with Crippen molar-refractivity contribution >= 4 is 27.5 Å². The number of amides is 1. The molecule has 0 spiro atoms. The van der Waals surface area contributed by atoms with Crippen molar-refractivity contribution in [1.29, 1.82) is 0 Å². The van der Waals surface area contributed by atoms with Gasteiger partial charge in [-0.1, -0.05) is 15.9 Å². The van der Waals surface area contributed by atoms with Crippen molar-refractivity contribution < 1.29 is 4.79 Å². The number of nitrogens with zero attached hydrogens (tertiary/aromatic N) is 2. The first kappa shape index (κ1) is 14.5. The number of rotatable bonds is 4. The van der Waals surface area contributed by atoms with E-state index in [9.17, 15) is 4.79 Å². The molecular formula is C15H16BrN3O. The summed E-state index contributed by atoms with van der Waals surface area (Å²) in [5.41, 5.74) is 8.00. The van der Waals surface area contributed by atoms with E-state index in [1.807, 2.05) is 19.1 Å². The Morgan fingerprint density at radius 1 is 1.30 bits per heavy atom. The van der Waals surface area contributed by atoms with E-state index < -0.39 is 0 Å². The molecule has 0 bridgehead atoms. The Hall–Kier alpha value is -1.88. The number of carbonyl (C=O) groups is 1. The zero-order valence-corrected chi connectivity index (χ0v) is 12.8. The molecule has 0 saturated heterocycles. The minimum Gasteiger partial charge on any atom is -0.399 e. The lowest BCUT2D eigenvalue weighted by atomic mass is 10.1. The molecule has 1 amide bonds. The first-order valence-electron chi connectivity index (χ1n) is 6.34. The number of halogens is 1. The molecule has 0 fully saturated rings. The van der Waals surface area contributed by atoms with Crippen LogP contribution in [0.4, 0.5) is 5.69 Å². The lowest BCUT2D eigenvalue weighted by Gasteiger charge is -2.21. The van der Waals surface area contributed by atoms with Crippen LogP contribution in [0, 0.1) is 0 Å². The van der Waals surface area contributed by atoms with Gasteiger partial charge in [0.1, 0.15) is 0 Å². The summed E-state index contributed by atoms with van der Waals surface area (Å²) in [6, 6.07) is 9.07. The second-order valence-corrected chi connectivity index (χ2v) is 5.36. The maximum Gasteiger partial charge on any atom is 0.254 e. The Bertz CT molecular complexity index is 581. The second-order valence-electron chi connectivity index (χ2n) is 4.45. The fourth-order valence-corrected chi connectivity index (χ4v) is 2.47. The van der Waals surface area contributed by atoms with Gasteiger partial charge in [-0.15, -0.1) is 0 Å². The van der Waals surface area contributed by atoms with Crippen LogP contribution < -0.4 is 5.73 Å². The van der Waals surface area contributed by atoms with Crippen molar-refractivity contribution in [3.05, 3.63) is 58.3 Å². The van der Waals surface area contributed by atoms with E-state index in [-0.39, 0.29) is 5.91 Å². The van der Waals surface area contributed by atoms with E-state index in [2.05, 4.69) is 20.9 Å². The van der Waals surface area contributed by atoms with E-state index in [4.69, 9.17) is 5.73 Å². The summed E-state index contributed by atoms with van der Waals surface area (Å²) < 4.78 is 0.806. The molecule has 1 aromatic carbocycles. The van der Waals surface area contributed by atoms with Crippen LogP contribution in [0.25, 0.3) is 0 Å². The monoisotopic (exact) mass is 333 g/mol. The highest BCUT2D eigenvalue weighted by Gasteiger charge is 2.15. The smallest absolute Gasteiger partial charge is 0.254 e. The molecule has 1 heterocycles. The minimum absolute atomic E-state index is 0.0303. The molecule has 0 unspecified atom stereocenters. The molecule has 0 saturated carbocycles. The molecule has 2 N–H and O–H groups in total. The van der Waals surface area contributed by atoms with Crippen molar-refractivity contribution in [3.63, 3.8) is 0 Å². The van der Waals surface area contributed by atoms with Crippen LogP contribution in [-0.2, 0) is 6.54 Å². The summed E-state index contributed by atoms with van der Waals surface area (Å²) in [5, 5.41) is 0. The summed E-state index contributed by atoms with van der Waals surface area (Å²) in [7, 11) is 0. The summed E-state index contributed by atoms with van der Waals surface area (Å²) in [5.74, 6) is -0.0303. The minimum atomic E-state index is -0.0303. The van der Waals surface area contributed by atoms with Gasteiger partial charge in [-0.05, 0) is 42.8 Å². The number of nitrogens with two attached hydrogens (primary N) is 1. The second kappa shape index (κ2) is 6.52. The van der Waals surface area contributed by atoms with Crippen LogP contribution in [0.5, 0.6) is 0 Å². The van der Waals surface area contributed by atoms with Gasteiger partial charge >= 0.3 is 0 Å². The van der Waals surface area contributed by atoms with Crippen LogP contribution in [-0.4, -0.2) is 22.3 Å². The predicted octanol–water partition coefficient (Wildman–Crippen LogP) is 3.09. The largest absolute Gasteiger partial charge is 0.399 e. The highest BCUT2D eigenvalue weighted by molar-refractivity contribution is 9.10. The van der Waals surface area contributed by atoms with E-state index in [1.54, 1.807) is 35.5 Å². The fraction of sp³-hybridized carbons (Fsp3) is 0.200. The van der Waals surface area contributed by atoms with Gasteiger partial charge in [0.15, 0.2) is 0 Å². The average molecular weight is 334 g/mol. The lowest BCUT2D eigenvalue weighted by molar-refractivity contribution is 0.0752. The van der Waals surface area contributed by atoms with Crippen LogP contribution in [0.3, 0.4) is 0 Å². The molecular weight excluding hydrogens is 318 g/mol. The number of carbonyl (C=O) groups excluding carboxylic acids is 1. The molecule has 4 nitrogen and oxygen atoms in total. The molecule has 5 heteroatoms. The Morgan fingerprint density at radius 2 is 2.00 bits per heavy atom. The first-order valence-corrected chi connectivity index (χ1v) is 7.13. The summed E-state index contributed by atoms with van der Waals surface area (Å²) >= 11 is 3.36. The van der Waals surface area contributed by atoms with E-state index in [1.165, 1.54) is 0 Å². The number of benzene rings is 1. The van der Waals surface area contributed by atoms with Gasteiger partial charge in [0.05, 0.1) is 0 Å². The number of hydrogen-bond donors (Lipinski definition) is 1. The Kier molecular flexibility index (Phi) is 4.74. The molecule has 104 valence electrons. The van der Waals surface area contributed by atoms with Gasteiger partial charge in [0.2, 0.25) is 0 Å². The van der Waals surface area contributed by atoms with E-state index in [0.717, 1.165) is 10.0 Å². The Morgan fingerprint density at radius 3 is 2.60 bits per heavy atom. The molecule has 20 heavy (non-hydrogen) atoms. The molecule has 2 aromatic rings. The number of aromatic nitrogens is 1. The molecule has 0 atom stereocenters. The molecule has 1 aromatic heterocycles. The van der Waals surface area contributed by atoms with Crippen molar-refractivity contribution in [3.8, 4) is 0 Å². The zero-order valence-electron chi connectivity index (χ0n) is 11.2. The molecule has 0 radical (unpaired) electrons. The van der Waals surface area contributed by atoms with Crippen molar-refractivity contribution in [1.82, 2.24) is 9.88 Å². The highest BCUT2D eigenvalue weighted by atomic mass is 79.9. The highest BCUT2D eigenvalue weighted by Crippen LogP contribution is 2.19. The number of anilines is 1. The predicted molar refractivity (Wildman–Crippen MR) is 83.2 cm³/mol. The van der Waals surface area contributed by atoms with E-state index >= 15 is 0 Å². The lowest BCUT2D eigenvalue weighted by Crippen LogP contribution is -2.30. The van der Waals surface area contributed by atoms with E-state index in [0.29, 0.717) is 24.3 Å². The third kappa shape index (κ3) is 3.57. The first-order chi connectivity index (χ1) is 9.60. The molecule has 0 aliphatic heterocycles. The van der Waals surface area contributed by atoms with Crippen molar-refractivity contribution in [2.24, 2.45) is 0 Å². The Labute approximate surface area is 126 Å². The van der Waals surface area contributed by atoms with Crippen LogP contribution in [0.15, 0.2) is 47.2 Å². The molecule has 0 aliphatic rings. The van der Waals surface area contributed by atoms with Crippen LogP contribution >= 0.6 is 15.9 Å². The van der Waals surface area contributed by atoms with Gasteiger partial charge in [-0.2, -0.15) is 0 Å². The van der Waals surface area contributed by atoms with Crippen LogP contribution in [0.2, 0.25) is 0 Å². The summed E-state index contributed by atoms with van der Waals surface area (Å²) in [6.45, 7) is 3.15. The number of pyridine rings is 1. The molecule has 0 aliphatic carbocycles. The third-order valence-corrected chi connectivity index (χ3v) is 3.42. The van der Waals surface area contributed by atoms with Gasteiger partial charge in [0, 0.05) is 41.2 Å². The number of nitrogen functional groups attached to an aromatic ring is 1. The number of hydrogen-bond acceptors (Lipinski definition) is 3. The fourth-order valence-electron chi connectivity index (χ4n) is 1.95. The van der Waals surface area contributed by atoms with Gasteiger partial charge in [0.25, 0.3) is 5.91 Å². The standard InChI is InChI=1S/C15H16BrN3O/c1-2-19(10-11-3-5-18-6-4-11)15(20)12-7-13(16)9-14(17)8-12/h3-9H,2,10,17H2,1H3. The topological polar surface area (TPSA) is 59.2 Å². The summed E-state index contributed by atoms with van der Waals surface area (Å²) in [4.78, 5) is 18.3. The van der Waals surface area contributed by atoms with Gasteiger partial charge in [-0.25, -0.2) is 0 Å². The van der Waals surface area contributed by atoms with Crippen molar-refractivity contribution in [2.75, 3.05) is 12.3 Å². The Balaban J connectivity index is 2.20. The third-order valence-electron chi connectivity index (χ3n) is 2.96. The SMILES string of the molecule is CCN(Cc1ccncc1)C(=O)c1cc(N)cc(Br)c1. The maximum absolute atomic E-state index is 12.5. The van der Waals surface area contributed by atoms with Crippen LogP contribution in [0.1, 0.15) is 22.8 Å². The average Bonchev–Trinajstić information content (AvgIpc) is 2.44. The zero-order chi connectivity index (χ0) is 14.5. The van der Waals surface area contributed by atoms with Gasteiger partial charge < -0.3 is 10.6 Å². The normalized spacial score (nSPS) is 10.3. The van der Waals surface area contributed by atoms with Gasteiger partial charge in [-0.3, -0.25) is 9.78 Å². The summed E-state index contributed by atoms with van der Waals surface area (Å²) in [6.07, 6.45) is 3.45. The maximum atomic E-state index is 12.5. The quantitative estimate of drug-likeness (QED) is 0.874. The van der Waals surface area contributed by atoms with Crippen molar-refractivity contribution in [2.45, 2.75) is 13.5 Å².